The number of benzene rings is 1. The van der Waals surface area contributed by atoms with Crippen LogP contribution in [0, 0.1) is 12.8 Å². The molecule has 1 heteroatoms. The van der Waals surface area contributed by atoms with Crippen molar-refractivity contribution < 1.29 is 4.79 Å². The smallest absolute Gasteiger partial charge is 0.136 e. The molecule has 1 aromatic carbocycles. The topological polar surface area (TPSA) is 17.1 Å². The molecule has 0 bridgehead atoms. The summed E-state index contributed by atoms with van der Waals surface area (Å²) in [6, 6.07) is 8.40. The quantitative estimate of drug-likeness (QED) is 0.719. The molecule has 0 aliphatic heterocycles. The predicted molar refractivity (Wildman–Crippen MR) is 61.8 cm³/mol. The van der Waals surface area contributed by atoms with Crippen LogP contribution in [0.5, 0.6) is 0 Å². The van der Waals surface area contributed by atoms with E-state index in [4.69, 9.17) is 0 Å². The van der Waals surface area contributed by atoms with Gasteiger partial charge in [-0.25, -0.2) is 0 Å². The van der Waals surface area contributed by atoms with Crippen LogP contribution >= 0.6 is 0 Å². The molecule has 0 saturated heterocycles. The van der Waals surface area contributed by atoms with E-state index in [1.807, 2.05) is 0 Å². The highest BCUT2D eigenvalue weighted by molar-refractivity contribution is 5.81. The van der Waals surface area contributed by atoms with E-state index in [1.54, 1.807) is 0 Å². The molecule has 0 N–H and O–H groups in total. The van der Waals surface area contributed by atoms with Gasteiger partial charge in [0.25, 0.3) is 0 Å². The van der Waals surface area contributed by atoms with E-state index in [0.717, 1.165) is 25.7 Å². The minimum Gasteiger partial charge on any atom is -0.299 e. The second-order valence-electron chi connectivity index (χ2n) is 4.54. The van der Waals surface area contributed by atoms with E-state index in [1.165, 1.54) is 17.5 Å². The molecular weight excluding hydrogens is 184 g/mol. The summed E-state index contributed by atoms with van der Waals surface area (Å²) in [6.45, 7) is 2.13. The molecular formula is C14H18O. The molecule has 0 amide bonds. The van der Waals surface area contributed by atoms with Crippen molar-refractivity contribution in [3.63, 3.8) is 0 Å². The fourth-order valence-corrected chi connectivity index (χ4v) is 2.38. The Balaban J connectivity index is 2.08. The lowest BCUT2D eigenvalue weighted by atomic mass is 9.83. The largest absolute Gasteiger partial charge is 0.299 e. The van der Waals surface area contributed by atoms with Crippen molar-refractivity contribution in [1.29, 1.82) is 0 Å². The Labute approximate surface area is 91.5 Å². The lowest BCUT2D eigenvalue weighted by molar-refractivity contribution is -0.124. The van der Waals surface area contributed by atoms with E-state index in [0.29, 0.717) is 11.7 Å². The lowest BCUT2D eigenvalue weighted by Crippen LogP contribution is -2.21. The summed E-state index contributed by atoms with van der Waals surface area (Å²) in [6.07, 6.45) is 5.17. The van der Waals surface area contributed by atoms with Crippen LogP contribution in [0.4, 0.5) is 0 Å². The van der Waals surface area contributed by atoms with Gasteiger partial charge in [-0.05, 0) is 37.3 Å². The maximum atomic E-state index is 11.7. The van der Waals surface area contributed by atoms with Crippen molar-refractivity contribution >= 4 is 5.78 Å². The van der Waals surface area contributed by atoms with Crippen molar-refractivity contribution in [2.24, 2.45) is 5.92 Å². The maximum Gasteiger partial charge on any atom is 0.136 e. The fourth-order valence-electron chi connectivity index (χ4n) is 2.38. The molecule has 1 fully saturated rings. The predicted octanol–water partition coefficient (Wildman–Crippen LogP) is 3.30. The first-order chi connectivity index (χ1) is 7.27. The molecule has 0 spiro atoms. The molecule has 1 unspecified atom stereocenters. The van der Waals surface area contributed by atoms with Gasteiger partial charge in [0.05, 0.1) is 0 Å². The Kier molecular flexibility index (Phi) is 3.20. The summed E-state index contributed by atoms with van der Waals surface area (Å²) in [5.41, 5.74) is 2.66. The minimum atomic E-state index is 0.292. The van der Waals surface area contributed by atoms with Gasteiger partial charge < -0.3 is 0 Å². The Bertz CT molecular complexity index is 354. The standard InChI is InChI=1S/C14H18O/c1-11-6-2-3-7-12(11)10-13-8-4-5-9-14(13)15/h2-3,6-7,13H,4-5,8-10H2,1H3. The Morgan fingerprint density at radius 2 is 2.07 bits per heavy atom. The maximum absolute atomic E-state index is 11.7. The summed E-state index contributed by atoms with van der Waals surface area (Å²) >= 11 is 0. The third-order valence-corrected chi connectivity index (χ3v) is 3.41. The van der Waals surface area contributed by atoms with Crippen molar-refractivity contribution in [1.82, 2.24) is 0 Å². The zero-order valence-corrected chi connectivity index (χ0v) is 9.33. The van der Waals surface area contributed by atoms with Crippen LogP contribution in [0.1, 0.15) is 36.8 Å². The molecule has 1 saturated carbocycles. The second kappa shape index (κ2) is 4.61. The van der Waals surface area contributed by atoms with Gasteiger partial charge in [0, 0.05) is 12.3 Å². The van der Waals surface area contributed by atoms with Gasteiger partial charge >= 0.3 is 0 Å². The molecule has 1 atom stereocenters. The van der Waals surface area contributed by atoms with Gasteiger partial charge in [-0.3, -0.25) is 4.79 Å². The fraction of sp³-hybridized carbons (Fsp3) is 0.500. The highest BCUT2D eigenvalue weighted by atomic mass is 16.1. The zero-order chi connectivity index (χ0) is 10.7. The van der Waals surface area contributed by atoms with Crippen LogP contribution < -0.4 is 0 Å². The number of carbonyl (C=O) groups excluding carboxylic acids is 1. The first-order valence-electron chi connectivity index (χ1n) is 5.84. The van der Waals surface area contributed by atoms with Crippen molar-refractivity contribution in [2.75, 3.05) is 0 Å². The average molecular weight is 202 g/mol. The number of carbonyl (C=O) groups is 1. The first kappa shape index (κ1) is 10.4. The van der Waals surface area contributed by atoms with Gasteiger partial charge in [-0.15, -0.1) is 0 Å². The van der Waals surface area contributed by atoms with Crippen molar-refractivity contribution in [2.45, 2.75) is 39.0 Å². The number of ketones is 1. The van der Waals surface area contributed by atoms with Crippen LogP contribution in [0.2, 0.25) is 0 Å². The molecule has 1 aliphatic rings. The SMILES string of the molecule is Cc1ccccc1CC1CCCCC1=O. The van der Waals surface area contributed by atoms with Gasteiger partial charge in [0.15, 0.2) is 0 Å². The number of aryl methyl sites for hydroxylation is 1. The minimum absolute atomic E-state index is 0.292. The van der Waals surface area contributed by atoms with E-state index in [2.05, 4.69) is 31.2 Å². The normalized spacial score (nSPS) is 21.7. The van der Waals surface area contributed by atoms with Crippen molar-refractivity contribution in [3.05, 3.63) is 35.4 Å². The van der Waals surface area contributed by atoms with E-state index >= 15 is 0 Å². The summed E-state index contributed by atoms with van der Waals surface area (Å²) in [5, 5.41) is 0. The van der Waals surface area contributed by atoms with Crippen LogP contribution in [-0.2, 0) is 11.2 Å². The molecule has 0 radical (unpaired) electrons. The summed E-state index contributed by atoms with van der Waals surface area (Å²) in [5.74, 6) is 0.768. The summed E-state index contributed by atoms with van der Waals surface area (Å²) in [4.78, 5) is 11.7. The molecule has 80 valence electrons. The van der Waals surface area contributed by atoms with Crippen LogP contribution in [0.3, 0.4) is 0 Å². The Hall–Kier alpha value is -1.11. The highest BCUT2D eigenvalue weighted by Crippen LogP contribution is 2.25. The van der Waals surface area contributed by atoms with E-state index in [-0.39, 0.29) is 0 Å². The highest BCUT2D eigenvalue weighted by Gasteiger charge is 2.22. The Morgan fingerprint density at radius 1 is 1.27 bits per heavy atom. The van der Waals surface area contributed by atoms with Gasteiger partial charge in [0.2, 0.25) is 0 Å². The zero-order valence-electron chi connectivity index (χ0n) is 9.33. The van der Waals surface area contributed by atoms with Crippen molar-refractivity contribution in [3.8, 4) is 0 Å². The monoisotopic (exact) mass is 202 g/mol. The van der Waals surface area contributed by atoms with Crippen LogP contribution in [0.15, 0.2) is 24.3 Å². The van der Waals surface area contributed by atoms with Crippen LogP contribution in [-0.4, -0.2) is 5.78 Å². The number of hydrogen-bond donors (Lipinski definition) is 0. The number of hydrogen-bond acceptors (Lipinski definition) is 1. The number of rotatable bonds is 2. The first-order valence-corrected chi connectivity index (χ1v) is 5.84. The molecule has 0 aromatic heterocycles. The molecule has 1 nitrogen and oxygen atoms in total. The molecule has 15 heavy (non-hydrogen) atoms. The molecule has 2 rings (SSSR count). The Morgan fingerprint density at radius 3 is 2.80 bits per heavy atom. The van der Waals surface area contributed by atoms with E-state index < -0.39 is 0 Å². The lowest BCUT2D eigenvalue weighted by Gasteiger charge is -2.21. The number of Topliss-reactive ketones (excluding diaryl/α,β-unsaturated/α-hetero) is 1. The summed E-state index contributed by atoms with van der Waals surface area (Å²) < 4.78 is 0. The van der Waals surface area contributed by atoms with E-state index in [9.17, 15) is 4.79 Å². The van der Waals surface area contributed by atoms with Gasteiger partial charge in [-0.2, -0.15) is 0 Å². The third kappa shape index (κ3) is 2.47. The molecule has 0 heterocycles. The third-order valence-electron chi connectivity index (χ3n) is 3.41. The average Bonchev–Trinajstić information content (AvgIpc) is 2.24. The van der Waals surface area contributed by atoms with Crippen LogP contribution in [0.25, 0.3) is 0 Å². The molecule has 1 aromatic rings. The molecule has 1 aliphatic carbocycles. The van der Waals surface area contributed by atoms with Gasteiger partial charge in [-0.1, -0.05) is 30.7 Å². The summed E-state index contributed by atoms with van der Waals surface area (Å²) in [7, 11) is 0. The second-order valence-corrected chi connectivity index (χ2v) is 4.54. The van der Waals surface area contributed by atoms with Gasteiger partial charge in [0.1, 0.15) is 5.78 Å².